The van der Waals surface area contributed by atoms with Crippen molar-refractivity contribution in [3.05, 3.63) is 183 Å². The molecular formula is C48H30N6. The highest BCUT2D eigenvalue weighted by Gasteiger charge is 2.14. The van der Waals surface area contributed by atoms with Crippen molar-refractivity contribution in [2.75, 3.05) is 0 Å². The van der Waals surface area contributed by atoms with E-state index in [1.807, 2.05) is 85.2 Å². The number of hydrogen-bond donors (Lipinski definition) is 0. The van der Waals surface area contributed by atoms with E-state index in [9.17, 15) is 0 Å². The summed E-state index contributed by atoms with van der Waals surface area (Å²) in [6, 6.07) is 54.2. The maximum atomic E-state index is 5.10. The molecule has 252 valence electrons. The molecule has 10 aromatic rings. The molecule has 0 amide bonds. The van der Waals surface area contributed by atoms with Crippen molar-refractivity contribution in [2.24, 2.45) is 0 Å². The van der Waals surface area contributed by atoms with Gasteiger partial charge in [0.15, 0.2) is 0 Å². The van der Waals surface area contributed by atoms with Gasteiger partial charge in [-0.05, 0) is 117 Å². The first-order valence-electron chi connectivity index (χ1n) is 17.8. The number of benzene rings is 4. The average Bonchev–Trinajstić information content (AvgIpc) is 3.27. The highest BCUT2D eigenvalue weighted by molar-refractivity contribution is 6.26. The summed E-state index contributed by atoms with van der Waals surface area (Å²) in [5.41, 5.74) is 10.9. The molecule has 10 rings (SSSR count). The molecule has 0 atom stereocenters. The Morgan fingerprint density at radius 2 is 0.593 bits per heavy atom. The monoisotopic (exact) mass is 690 g/mol. The second-order valence-electron chi connectivity index (χ2n) is 13.2. The van der Waals surface area contributed by atoms with Crippen LogP contribution in [0.1, 0.15) is 0 Å². The van der Waals surface area contributed by atoms with Crippen molar-refractivity contribution in [2.45, 2.75) is 0 Å². The zero-order valence-electron chi connectivity index (χ0n) is 29.0. The molecule has 0 saturated carbocycles. The van der Waals surface area contributed by atoms with Crippen LogP contribution in [0.15, 0.2) is 183 Å². The van der Waals surface area contributed by atoms with Crippen LogP contribution in [0.5, 0.6) is 0 Å². The first kappa shape index (κ1) is 31.3. The molecule has 0 unspecified atom stereocenters. The Kier molecular flexibility index (Phi) is 7.69. The van der Waals surface area contributed by atoms with Crippen LogP contribution < -0.4 is 0 Å². The molecule has 0 N–H and O–H groups in total. The fourth-order valence-electron chi connectivity index (χ4n) is 7.26. The Balaban J connectivity index is 1.04. The van der Waals surface area contributed by atoms with Crippen LogP contribution in [0, 0.1) is 0 Å². The lowest BCUT2D eigenvalue weighted by Gasteiger charge is -2.14. The van der Waals surface area contributed by atoms with E-state index in [0.717, 1.165) is 67.8 Å². The fraction of sp³-hybridized carbons (Fsp3) is 0. The lowest BCUT2D eigenvalue weighted by atomic mass is 9.91. The first-order chi connectivity index (χ1) is 26.7. The predicted octanol–water partition coefficient (Wildman–Crippen LogP) is 11.5. The standard InChI is InChI=1S/C48H30N6/c1-2-12-36-35(11-1)39-27-31(41-13-3-17-45(51-41)47-19-5-15-43(53-47)33-9-7-25-49-29-33)21-23-37(39)38-24-22-32(28-40(36)38)42-14-4-18-46(52-42)48-20-6-16-44(54-48)34-10-8-26-50-30-34/h1-30H. The van der Waals surface area contributed by atoms with Gasteiger partial charge in [-0.25, -0.2) is 19.9 Å². The van der Waals surface area contributed by atoms with Crippen LogP contribution in [0.3, 0.4) is 0 Å². The molecule has 4 aromatic carbocycles. The van der Waals surface area contributed by atoms with Gasteiger partial charge in [-0.2, -0.15) is 0 Å². The maximum absolute atomic E-state index is 5.10. The van der Waals surface area contributed by atoms with E-state index in [-0.39, 0.29) is 0 Å². The van der Waals surface area contributed by atoms with E-state index in [1.54, 1.807) is 12.4 Å². The van der Waals surface area contributed by atoms with Crippen molar-refractivity contribution in [1.82, 2.24) is 29.9 Å². The van der Waals surface area contributed by atoms with Crippen molar-refractivity contribution >= 4 is 32.3 Å². The topological polar surface area (TPSA) is 77.3 Å². The minimum Gasteiger partial charge on any atom is -0.264 e. The Morgan fingerprint density at radius 3 is 0.963 bits per heavy atom. The fourth-order valence-corrected chi connectivity index (χ4v) is 7.26. The van der Waals surface area contributed by atoms with Gasteiger partial charge in [0.05, 0.1) is 45.6 Å². The van der Waals surface area contributed by atoms with E-state index in [0.29, 0.717) is 0 Å². The van der Waals surface area contributed by atoms with E-state index in [2.05, 4.69) is 94.9 Å². The summed E-state index contributed by atoms with van der Waals surface area (Å²) >= 11 is 0. The van der Waals surface area contributed by atoms with Crippen LogP contribution >= 0.6 is 0 Å². The molecule has 0 spiro atoms. The average molecular weight is 691 g/mol. The van der Waals surface area contributed by atoms with E-state index >= 15 is 0 Å². The Bertz CT molecular complexity index is 2770. The molecule has 6 heterocycles. The number of hydrogen-bond acceptors (Lipinski definition) is 6. The lowest BCUT2D eigenvalue weighted by molar-refractivity contribution is 1.24. The van der Waals surface area contributed by atoms with Crippen molar-refractivity contribution in [1.29, 1.82) is 0 Å². The molecule has 6 nitrogen and oxygen atoms in total. The van der Waals surface area contributed by atoms with Gasteiger partial charge in [0.2, 0.25) is 0 Å². The summed E-state index contributed by atoms with van der Waals surface area (Å²) in [4.78, 5) is 28.6. The zero-order chi connectivity index (χ0) is 35.8. The molecule has 54 heavy (non-hydrogen) atoms. The molecule has 6 aromatic heterocycles. The van der Waals surface area contributed by atoms with Gasteiger partial charge >= 0.3 is 0 Å². The Labute approximate surface area is 311 Å². The molecule has 0 fully saturated rings. The third kappa shape index (κ3) is 5.72. The highest BCUT2D eigenvalue weighted by Crippen LogP contribution is 2.39. The quantitative estimate of drug-likeness (QED) is 0.162. The van der Waals surface area contributed by atoms with Gasteiger partial charge in [0.25, 0.3) is 0 Å². The van der Waals surface area contributed by atoms with Crippen LogP contribution in [-0.2, 0) is 0 Å². The van der Waals surface area contributed by atoms with Crippen molar-refractivity contribution in [3.8, 4) is 67.8 Å². The van der Waals surface area contributed by atoms with Gasteiger partial charge in [-0.1, -0.05) is 72.8 Å². The molecule has 0 radical (unpaired) electrons. The number of fused-ring (bicyclic) bond motifs is 6. The summed E-state index contributed by atoms with van der Waals surface area (Å²) in [5, 5.41) is 7.15. The van der Waals surface area contributed by atoms with Gasteiger partial charge in [-0.15, -0.1) is 0 Å². The smallest absolute Gasteiger partial charge is 0.0893 e. The number of nitrogens with zero attached hydrogens (tertiary/aromatic N) is 6. The van der Waals surface area contributed by atoms with E-state index < -0.39 is 0 Å². The summed E-state index contributed by atoms with van der Waals surface area (Å²) < 4.78 is 0. The lowest BCUT2D eigenvalue weighted by Crippen LogP contribution is -1.93. The van der Waals surface area contributed by atoms with Gasteiger partial charge in [0, 0.05) is 47.0 Å². The summed E-state index contributed by atoms with van der Waals surface area (Å²) in [7, 11) is 0. The molecule has 6 heteroatoms. The molecule has 0 bridgehead atoms. The number of rotatable bonds is 6. The maximum Gasteiger partial charge on any atom is 0.0893 e. The van der Waals surface area contributed by atoms with Crippen molar-refractivity contribution < 1.29 is 0 Å². The van der Waals surface area contributed by atoms with Crippen LogP contribution in [-0.4, -0.2) is 29.9 Å². The highest BCUT2D eigenvalue weighted by atomic mass is 14.8. The number of aromatic nitrogens is 6. The first-order valence-corrected chi connectivity index (χ1v) is 17.8. The molecule has 0 aliphatic rings. The normalized spacial score (nSPS) is 11.3. The number of pyridine rings is 6. The minimum atomic E-state index is 0.820. The summed E-state index contributed by atoms with van der Waals surface area (Å²) in [6.45, 7) is 0. The third-order valence-electron chi connectivity index (χ3n) is 9.86. The predicted molar refractivity (Wildman–Crippen MR) is 218 cm³/mol. The third-order valence-corrected chi connectivity index (χ3v) is 9.86. The van der Waals surface area contributed by atoms with E-state index in [4.69, 9.17) is 19.9 Å². The van der Waals surface area contributed by atoms with Crippen LogP contribution in [0.4, 0.5) is 0 Å². The second kappa shape index (κ2) is 13.3. The van der Waals surface area contributed by atoms with Gasteiger partial charge < -0.3 is 0 Å². The van der Waals surface area contributed by atoms with E-state index in [1.165, 1.54) is 32.3 Å². The Hall–Kier alpha value is -7.44. The van der Waals surface area contributed by atoms with Crippen molar-refractivity contribution in [3.63, 3.8) is 0 Å². The molecule has 0 aliphatic carbocycles. The second-order valence-corrected chi connectivity index (χ2v) is 13.2. The minimum absolute atomic E-state index is 0.820. The molecule has 0 saturated heterocycles. The molecule has 0 aliphatic heterocycles. The van der Waals surface area contributed by atoms with Gasteiger partial charge in [-0.3, -0.25) is 9.97 Å². The SMILES string of the molecule is c1cncc(-c2cccc(-c3cccc(-c4ccc5c6ccc(-c7cccc(-c8cccc(-c9cccnc9)n8)n7)cc6c6ccccc6c5c4)n3)n2)c1. The van der Waals surface area contributed by atoms with Gasteiger partial charge in [0.1, 0.15) is 0 Å². The summed E-state index contributed by atoms with van der Waals surface area (Å²) in [6.07, 6.45) is 7.20. The largest absolute Gasteiger partial charge is 0.264 e. The summed E-state index contributed by atoms with van der Waals surface area (Å²) in [5.74, 6) is 0. The molecular weight excluding hydrogens is 661 g/mol. The zero-order valence-corrected chi connectivity index (χ0v) is 29.0. The van der Waals surface area contributed by atoms with Crippen LogP contribution in [0.2, 0.25) is 0 Å². The Morgan fingerprint density at radius 1 is 0.241 bits per heavy atom. The van der Waals surface area contributed by atoms with Crippen LogP contribution in [0.25, 0.3) is 100 Å².